The fraction of sp³-hybridized carbons (Fsp3) is 0.200. The van der Waals surface area contributed by atoms with Gasteiger partial charge in [-0.05, 0) is 45.9 Å². The molecule has 0 aliphatic carbocycles. The summed E-state index contributed by atoms with van der Waals surface area (Å²) < 4.78 is 0.739. The lowest BCUT2D eigenvalue weighted by atomic mass is 10.1. The van der Waals surface area contributed by atoms with Crippen molar-refractivity contribution in [2.45, 2.75) is 11.0 Å². The fourth-order valence-corrected chi connectivity index (χ4v) is 2.54. The predicted molar refractivity (Wildman–Crippen MR) is 87.5 cm³/mol. The molecule has 0 unspecified atom stereocenters. The molecule has 1 aromatic carbocycles. The van der Waals surface area contributed by atoms with Crippen LogP contribution in [-0.2, 0) is 0 Å². The van der Waals surface area contributed by atoms with E-state index in [4.69, 9.17) is 0 Å². The Morgan fingerprint density at radius 3 is 2.71 bits per heavy atom. The molecule has 0 fully saturated rings. The molecule has 110 valence electrons. The van der Waals surface area contributed by atoms with E-state index < -0.39 is 6.10 Å². The number of aromatic nitrogens is 1. The summed E-state index contributed by atoms with van der Waals surface area (Å²) in [6.07, 6.45) is 4.36. The van der Waals surface area contributed by atoms with Crippen LogP contribution in [0.3, 0.4) is 0 Å². The van der Waals surface area contributed by atoms with Crippen molar-refractivity contribution in [2.75, 3.05) is 12.8 Å². The average molecular weight is 367 g/mol. The largest absolute Gasteiger partial charge is 0.387 e. The van der Waals surface area contributed by atoms with Crippen LogP contribution in [0.2, 0.25) is 0 Å². The van der Waals surface area contributed by atoms with Crippen molar-refractivity contribution in [1.82, 2.24) is 10.3 Å². The van der Waals surface area contributed by atoms with Gasteiger partial charge >= 0.3 is 0 Å². The number of amides is 1. The van der Waals surface area contributed by atoms with Crippen molar-refractivity contribution in [3.05, 3.63) is 58.3 Å². The van der Waals surface area contributed by atoms with Gasteiger partial charge < -0.3 is 10.4 Å². The average Bonchev–Trinajstić information content (AvgIpc) is 2.52. The topological polar surface area (TPSA) is 62.2 Å². The van der Waals surface area contributed by atoms with Gasteiger partial charge in [-0.15, -0.1) is 11.8 Å². The number of halogens is 1. The molecule has 4 nitrogen and oxygen atoms in total. The first kappa shape index (κ1) is 16.0. The maximum absolute atomic E-state index is 11.9. The molecule has 1 heterocycles. The second kappa shape index (κ2) is 7.59. The Morgan fingerprint density at radius 1 is 1.38 bits per heavy atom. The Kier molecular flexibility index (Phi) is 5.78. The number of rotatable bonds is 5. The number of carbonyl (C=O) groups excluding carboxylic acids is 1. The molecule has 1 aromatic heterocycles. The van der Waals surface area contributed by atoms with Gasteiger partial charge in [0.1, 0.15) is 0 Å². The van der Waals surface area contributed by atoms with E-state index in [-0.39, 0.29) is 12.5 Å². The first-order valence-corrected chi connectivity index (χ1v) is 8.32. The molecule has 2 rings (SSSR count). The minimum absolute atomic E-state index is 0.157. The molecule has 1 atom stereocenters. The molecule has 0 saturated carbocycles. The molecule has 0 radical (unpaired) electrons. The summed E-state index contributed by atoms with van der Waals surface area (Å²) in [7, 11) is 0. The van der Waals surface area contributed by atoms with E-state index in [1.54, 1.807) is 24.0 Å². The molecular formula is C15H15BrN2O2S. The van der Waals surface area contributed by atoms with Crippen LogP contribution in [0, 0.1) is 0 Å². The lowest BCUT2D eigenvalue weighted by molar-refractivity contribution is 0.0916. The lowest BCUT2D eigenvalue weighted by Crippen LogP contribution is -2.28. The Balaban J connectivity index is 1.93. The first-order valence-electron chi connectivity index (χ1n) is 6.31. The number of carbonyl (C=O) groups is 1. The van der Waals surface area contributed by atoms with E-state index in [0.29, 0.717) is 5.56 Å². The second-order valence-corrected chi connectivity index (χ2v) is 6.19. The zero-order valence-electron chi connectivity index (χ0n) is 11.4. The van der Waals surface area contributed by atoms with Crippen molar-refractivity contribution in [3.8, 4) is 0 Å². The van der Waals surface area contributed by atoms with Crippen LogP contribution in [0.5, 0.6) is 0 Å². The standard InChI is InChI=1S/C15H15BrN2O2S/c1-21-13-4-2-10(3-5-13)14(19)9-18-15(20)11-6-12(16)8-17-7-11/h2-8,14,19H,9H2,1H3,(H,18,20)/t14-/m1/s1. The SMILES string of the molecule is CSc1ccc([C@H](O)CNC(=O)c2cncc(Br)c2)cc1. The fourth-order valence-electron chi connectivity index (χ4n) is 1.77. The molecule has 2 N–H and O–H groups in total. The van der Waals surface area contributed by atoms with E-state index in [1.165, 1.54) is 6.20 Å². The molecule has 21 heavy (non-hydrogen) atoms. The third-order valence-electron chi connectivity index (χ3n) is 2.92. The first-order chi connectivity index (χ1) is 10.1. The Hall–Kier alpha value is -1.37. The molecule has 1 amide bonds. The summed E-state index contributed by atoms with van der Waals surface area (Å²) in [6, 6.07) is 9.31. The van der Waals surface area contributed by atoms with E-state index >= 15 is 0 Å². The van der Waals surface area contributed by atoms with Gasteiger partial charge in [-0.2, -0.15) is 0 Å². The van der Waals surface area contributed by atoms with E-state index in [1.807, 2.05) is 30.5 Å². The highest BCUT2D eigenvalue weighted by atomic mass is 79.9. The van der Waals surface area contributed by atoms with Crippen LogP contribution in [0.4, 0.5) is 0 Å². The monoisotopic (exact) mass is 366 g/mol. The third kappa shape index (κ3) is 4.56. The molecule has 2 aromatic rings. The van der Waals surface area contributed by atoms with Gasteiger partial charge in [0.2, 0.25) is 0 Å². The quantitative estimate of drug-likeness (QED) is 0.798. The number of benzene rings is 1. The highest BCUT2D eigenvalue weighted by Gasteiger charge is 2.11. The smallest absolute Gasteiger partial charge is 0.252 e. The number of hydrogen-bond donors (Lipinski definition) is 2. The maximum Gasteiger partial charge on any atom is 0.252 e. The van der Waals surface area contributed by atoms with Gasteiger partial charge in [0.25, 0.3) is 5.91 Å². The normalized spacial score (nSPS) is 12.0. The predicted octanol–water partition coefficient (Wildman–Crippen LogP) is 3.03. The summed E-state index contributed by atoms with van der Waals surface area (Å²) in [6.45, 7) is 0.157. The highest BCUT2D eigenvalue weighted by molar-refractivity contribution is 9.10. The van der Waals surface area contributed by atoms with Crippen molar-refractivity contribution in [2.24, 2.45) is 0 Å². The number of thioether (sulfide) groups is 1. The molecular weight excluding hydrogens is 352 g/mol. The Labute approximate surface area is 136 Å². The zero-order chi connectivity index (χ0) is 15.2. The summed E-state index contributed by atoms with van der Waals surface area (Å²) in [5.74, 6) is -0.261. The number of nitrogens with zero attached hydrogens (tertiary/aromatic N) is 1. The van der Waals surface area contributed by atoms with Crippen LogP contribution in [0.1, 0.15) is 22.0 Å². The third-order valence-corrected chi connectivity index (χ3v) is 4.10. The van der Waals surface area contributed by atoms with Crippen molar-refractivity contribution in [3.63, 3.8) is 0 Å². The zero-order valence-corrected chi connectivity index (χ0v) is 13.8. The van der Waals surface area contributed by atoms with Crippen molar-refractivity contribution < 1.29 is 9.90 Å². The summed E-state index contributed by atoms with van der Waals surface area (Å²) in [5, 5.41) is 12.8. The summed E-state index contributed by atoms with van der Waals surface area (Å²) in [4.78, 5) is 17.0. The minimum atomic E-state index is -0.732. The van der Waals surface area contributed by atoms with Crippen molar-refractivity contribution >= 4 is 33.6 Å². The molecule has 0 bridgehead atoms. The van der Waals surface area contributed by atoms with E-state index in [2.05, 4.69) is 26.2 Å². The number of nitrogens with one attached hydrogen (secondary N) is 1. The lowest BCUT2D eigenvalue weighted by Gasteiger charge is -2.12. The highest BCUT2D eigenvalue weighted by Crippen LogP contribution is 2.18. The summed E-state index contributed by atoms with van der Waals surface area (Å²) in [5.41, 5.74) is 1.23. The number of pyridine rings is 1. The molecule has 0 saturated heterocycles. The number of aliphatic hydroxyl groups is 1. The second-order valence-electron chi connectivity index (χ2n) is 4.39. The molecule has 0 spiro atoms. The molecule has 0 aliphatic heterocycles. The van der Waals surface area contributed by atoms with Crippen LogP contribution in [0.25, 0.3) is 0 Å². The Bertz CT molecular complexity index is 619. The minimum Gasteiger partial charge on any atom is -0.387 e. The number of aliphatic hydroxyl groups excluding tert-OH is 1. The van der Waals surface area contributed by atoms with Gasteiger partial charge in [-0.25, -0.2) is 0 Å². The van der Waals surface area contributed by atoms with Crippen LogP contribution < -0.4 is 5.32 Å². The van der Waals surface area contributed by atoms with E-state index in [0.717, 1.165) is 14.9 Å². The van der Waals surface area contributed by atoms with Gasteiger partial charge in [-0.1, -0.05) is 12.1 Å². The van der Waals surface area contributed by atoms with Gasteiger partial charge in [0.15, 0.2) is 0 Å². The van der Waals surface area contributed by atoms with Crippen LogP contribution in [-0.4, -0.2) is 28.8 Å². The van der Waals surface area contributed by atoms with Gasteiger partial charge in [0.05, 0.1) is 11.7 Å². The maximum atomic E-state index is 11.9. The molecule has 0 aliphatic rings. The van der Waals surface area contributed by atoms with Crippen LogP contribution in [0.15, 0.2) is 52.1 Å². The number of hydrogen-bond acceptors (Lipinski definition) is 4. The van der Waals surface area contributed by atoms with Crippen molar-refractivity contribution in [1.29, 1.82) is 0 Å². The van der Waals surface area contributed by atoms with Gasteiger partial charge in [-0.3, -0.25) is 9.78 Å². The van der Waals surface area contributed by atoms with Crippen LogP contribution >= 0.6 is 27.7 Å². The van der Waals surface area contributed by atoms with Gasteiger partial charge in [0, 0.05) is 28.3 Å². The molecule has 6 heteroatoms. The summed E-state index contributed by atoms with van der Waals surface area (Å²) >= 11 is 4.91. The van der Waals surface area contributed by atoms with E-state index in [9.17, 15) is 9.90 Å². The Morgan fingerprint density at radius 2 is 2.10 bits per heavy atom.